The molecule has 0 spiro atoms. The van der Waals surface area contributed by atoms with Crippen LogP contribution in [0.3, 0.4) is 0 Å². The van der Waals surface area contributed by atoms with Gasteiger partial charge in [0.25, 0.3) is 0 Å². The number of rotatable bonds is 2. The van der Waals surface area contributed by atoms with Crippen LogP contribution >= 0.6 is 31.9 Å². The molecule has 0 aliphatic heterocycles. The zero-order chi connectivity index (χ0) is 13.1. The molecule has 2 aromatic carbocycles. The SMILES string of the molecule is Cc1ccc(Br)cc1Oc1ccc(Br)cc1C#N. The van der Waals surface area contributed by atoms with Crippen LogP contribution < -0.4 is 4.74 Å². The van der Waals surface area contributed by atoms with Gasteiger partial charge in [0.05, 0.1) is 5.56 Å². The molecule has 0 aromatic heterocycles. The zero-order valence-corrected chi connectivity index (χ0v) is 12.7. The van der Waals surface area contributed by atoms with Crippen molar-refractivity contribution >= 4 is 31.9 Å². The molecule has 2 nitrogen and oxygen atoms in total. The Morgan fingerprint density at radius 1 is 1.00 bits per heavy atom. The summed E-state index contributed by atoms with van der Waals surface area (Å²) in [6.07, 6.45) is 0. The van der Waals surface area contributed by atoms with Gasteiger partial charge in [0.15, 0.2) is 0 Å². The third kappa shape index (κ3) is 2.92. The van der Waals surface area contributed by atoms with E-state index in [9.17, 15) is 0 Å². The number of nitriles is 1. The molecule has 0 radical (unpaired) electrons. The van der Waals surface area contributed by atoms with Crippen molar-refractivity contribution in [3.05, 3.63) is 56.5 Å². The van der Waals surface area contributed by atoms with Crippen molar-refractivity contribution in [1.29, 1.82) is 5.26 Å². The van der Waals surface area contributed by atoms with Crippen molar-refractivity contribution in [2.75, 3.05) is 0 Å². The van der Waals surface area contributed by atoms with Gasteiger partial charge in [-0.05, 0) is 42.8 Å². The molecule has 2 rings (SSSR count). The number of nitrogens with zero attached hydrogens (tertiary/aromatic N) is 1. The predicted octanol–water partition coefficient (Wildman–Crippen LogP) is 5.18. The minimum Gasteiger partial charge on any atom is -0.456 e. The molecule has 0 N–H and O–H groups in total. The summed E-state index contributed by atoms with van der Waals surface area (Å²) in [5.74, 6) is 1.30. The minimum atomic E-state index is 0.503. The van der Waals surface area contributed by atoms with Crippen molar-refractivity contribution in [2.45, 2.75) is 6.92 Å². The van der Waals surface area contributed by atoms with E-state index < -0.39 is 0 Å². The topological polar surface area (TPSA) is 33.0 Å². The van der Waals surface area contributed by atoms with E-state index in [1.54, 1.807) is 12.1 Å². The molecule has 0 fully saturated rings. The maximum absolute atomic E-state index is 9.08. The molecule has 0 heterocycles. The number of halogens is 2. The van der Waals surface area contributed by atoms with E-state index in [-0.39, 0.29) is 0 Å². The zero-order valence-electron chi connectivity index (χ0n) is 9.58. The summed E-state index contributed by atoms with van der Waals surface area (Å²) < 4.78 is 7.60. The second kappa shape index (κ2) is 5.55. The molecule has 0 aliphatic rings. The van der Waals surface area contributed by atoms with Gasteiger partial charge in [0, 0.05) is 8.95 Å². The smallest absolute Gasteiger partial charge is 0.145 e. The van der Waals surface area contributed by atoms with E-state index >= 15 is 0 Å². The Hall–Kier alpha value is -1.31. The first kappa shape index (κ1) is 13.1. The maximum atomic E-state index is 9.08. The van der Waals surface area contributed by atoms with Gasteiger partial charge in [-0.3, -0.25) is 0 Å². The number of benzene rings is 2. The van der Waals surface area contributed by atoms with Crippen molar-refractivity contribution < 1.29 is 4.74 Å². The summed E-state index contributed by atoms with van der Waals surface area (Å²) in [5, 5.41) is 9.08. The molecule has 0 atom stereocenters. The molecular formula is C14H9Br2NO. The van der Waals surface area contributed by atoms with Crippen LogP contribution in [0.4, 0.5) is 0 Å². The first-order valence-electron chi connectivity index (χ1n) is 5.24. The van der Waals surface area contributed by atoms with Gasteiger partial charge in [-0.2, -0.15) is 5.26 Å². The minimum absolute atomic E-state index is 0.503. The van der Waals surface area contributed by atoms with E-state index in [2.05, 4.69) is 37.9 Å². The van der Waals surface area contributed by atoms with E-state index in [0.717, 1.165) is 20.3 Å². The lowest BCUT2D eigenvalue weighted by atomic mass is 10.2. The average Bonchev–Trinajstić information content (AvgIpc) is 2.36. The van der Waals surface area contributed by atoms with E-state index in [1.165, 1.54) is 0 Å². The van der Waals surface area contributed by atoms with Gasteiger partial charge in [0.1, 0.15) is 17.6 Å². The van der Waals surface area contributed by atoms with E-state index in [1.807, 2.05) is 31.2 Å². The van der Waals surface area contributed by atoms with Crippen LogP contribution in [0, 0.1) is 18.3 Å². The Kier molecular flexibility index (Phi) is 4.05. The molecule has 2 aromatic rings. The molecular weight excluding hydrogens is 358 g/mol. The number of hydrogen-bond donors (Lipinski definition) is 0. The first-order valence-corrected chi connectivity index (χ1v) is 6.82. The lowest BCUT2D eigenvalue weighted by Gasteiger charge is -2.10. The van der Waals surface area contributed by atoms with Crippen LogP contribution in [-0.2, 0) is 0 Å². The molecule has 0 amide bonds. The van der Waals surface area contributed by atoms with Crippen LogP contribution in [0.1, 0.15) is 11.1 Å². The average molecular weight is 367 g/mol. The molecule has 0 aliphatic carbocycles. The Balaban J connectivity index is 2.40. The highest BCUT2D eigenvalue weighted by molar-refractivity contribution is 9.10. The molecule has 0 unspecified atom stereocenters. The monoisotopic (exact) mass is 365 g/mol. The van der Waals surface area contributed by atoms with Crippen LogP contribution in [-0.4, -0.2) is 0 Å². The van der Waals surface area contributed by atoms with Crippen molar-refractivity contribution in [1.82, 2.24) is 0 Å². The van der Waals surface area contributed by atoms with Crippen LogP contribution in [0.5, 0.6) is 11.5 Å². The van der Waals surface area contributed by atoms with Gasteiger partial charge in [0.2, 0.25) is 0 Å². The largest absolute Gasteiger partial charge is 0.456 e. The third-order valence-electron chi connectivity index (χ3n) is 2.43. The fourth-order valence-electron chi connectivity index (χ4n) is 1.48. The lowest BCUT2D eigenvalue weighted by Crippen LogP contribution is -1.90. The molecule has 0 bridgehead atoms. The Bertz CT molecular complexity index is 632. The standard InChI is InChI=1S/C14H9Br2NO/c1-9-2-3-12(16)7-14(9)18-13-5-4-11(15)6-10(13)8-17/h2-7H,1H3. The van der Waals surface area contributed by atoms with Crippen LogP contribution in [0.15, 0.2) is 45.3 Å². The van der Waals surface area contributed by atoms with Gasteiger partial charge in [-0.1, -0.05) is 37.9 Å². The quantitative estimate of drug-likeness (QED) is 0.733. The highest BCUT2D eigenvalue weighted by Crippen LogP contribution is 2.31. The van der Waals surface area contributed by atoms with Gasteiger partial charge in [-0.15, -0.1) is 0 Å². The van der Waals surface area contributed by atoms with Gasteiger partial charge >= 0.3 is 0 Å². The first-order chi connectivity index (χ1) is 8.60. The third-order valence-corrected chi connectivity index (χ3v) is 3.42. The van der Waals surface area contributed by atoms with Crippen molar-refractivity contribution in [3.8, 4) is 17.6 Å². The molecule has 4 heteroatoms. The van der Waals surface area contributed by atoms with Gasteiger partial charge in [-0.25, -0.2) is 0 Å². The predicted molar refractivity (Wildman–Crippen MR) is 77.8 cm³/mol. The Labute approximate surface area is 122 Å². The maximum Gasteiger partial charge on any atom is 0.145 e. The van der Waals surface area contributed by atoms with E-state index in [0.29, 0.717) is 11.3 Å². The summed E-state index contributed by atoms with van der Waals surface area (Å²) >= 11 is 6.74. The number of hydrogen-bond acceptors (Lipinski definition) is 2. The fourth-order valence-corrected chi connectivity index (χ4v) is 2.18. The van der Waals surface area contributed by atoms with Crippen molar-refractivity contribution in [2.24, 2.45) is 0 Å². The second-order valence-corrected chi connectivity index (χ2v) is 5.60. The van der Waals surface area contributed by atoms with Gasteiger partial charge < -0.3 is 4.74 Å². The fraction of sp³-hybridized carbons (Fsp3) is 0.0714. The van der Waals surface area contributed by atoms with E-state index in [4.69, 9.17) is 10.00 Å². The summed E-state index contributed by atoms with van der Waals surface area (Å²) in [7, 11) is 0. The molecule has 0 saturated heterocycles. The molecule has 90 valence electrons. The van der Waals surface area contributed by atoms with Crippen LogP contribution in [0.2, 0.25) is 0 Å². The number of aryl methyl sites for hydroxylation is 1. The normalized spacial score (nSPS) is 9.89. The highest BCUT2D eigenvalue weighted by Gasteiger charge is 2.07. The second-order valence-electron chi connectivity index (χ2n) is 3.76. The Morgan fingerprint density at radius 2 is 1.67 bits per heavy atom. The Morgan fingerprint density at radius 3 is 2.39 bits per heavy atom. The summed E-state index contributed by atoms with van der Waals surface area (Å²) in [4.78, 5) is 0. The summed E-state index contributed by atoms with van der Waals surface area (Å²) in [6, 6.07) is 13.3. The lowest BCUT2D eigenvalue weighted by molar-refractivity contribution is 0.477. The summed E-state index contributed by atoms with van der Waals surface area (Å²) in [5.41, 5.74) is 1.52. The summed E-state index contributed by atoms with van der Waals surface area (Å²) in [6.45, 7) is 1.96. The number of ether oxygens (including phenoxy) is 1. The van der Waals surface area contributed by atoms with Crippen LogP contribution in [0.25, 0.3) is 0 Å². The molecule has 18 heavy (non-hydrogen) atoms. The highest BCUT2D eigenvalue weighted by atomic mass is 79.9. The van der Waals surface area contributed by atoms with Crippen molar-refractivity contribution in [3.63, 3.8) is 0 Å². The molecule has 0 saturated carbocycles.